The van der Waals surface area contributed by atoms with E-state index in [4.69, 9.17) is 4.52 Å². The van der Waals surface area contributed by atoms with Gasteiger partial charge in [0, 0.05) is 4.57 Å². The van der Waals surface area contributed by atoms with Crippen molar-refractivity contribution < 1.29 is 13.6 Å². The number of allylic oxidation sites excluding steroid dienone is 1. The highest BCUT2D eigenvalue weighted by atomic mass is 31.1. The van der Waals surface area contributed by atoms with Crippen molar-refractivity contribution in [3.63, 3.8) is 0 Å². The Morgan fingerprint density at radius 1 is 1.55 bits per heavy atom. The molecule has 0 fully saturated rings. The first-order chi connectivity index (χ1) is 5.31. The van der Waals surface area contributed by atoms with Gasteiger partial charge in [-0.15, -0.1) is 15.6 Å². The molecule has 1 unspecified atom stereocenters. The van der Waals surface area contributed by atoms with Crippen molar-refractivity contribution in [1.29, 1.82) is 0 Å². The van der Waals surface area contributed by atoms with Gasteiger partial charge in [-0.05, 0) is 19.8 Å². The molecule has 0 aliphatic carbocycles. The molecule has 0 rings (SSSR count). The lowest BCUT2D eigenvalue weighted by atomic mass is 10.3. The Hall–Kier alpha value is -0.240. The zero-order chi connectivity index (χ0) is 8.53. The van der Waals surface area contributed by atoms with Crippen LogP contribution in [-0.2, 0) is 13.6 Å². The Balaban J connectivity index is 3.10. The highest BCUT2D eigenvalue weighted by Crippen LogP contribution is 2.23. The van der Waals surface area contributed by atoms with E-state index < -0.39 is 8.25 Å². The minimum Gasteiger partial charge on any atom is -0.119 e. The van der Waals surface area contributed by atoms with Crippen molar-refractivity contribution >= 4 is 8.25 Å². The van der Waals surface area contributed by atoms with E-state index in [1.165, 1.54) is 0 Å². The van der Waals surface area contributed by atoms with E-state index in [1.54, 1.807) is 13.0 Å². The van der Waals surface area contributed by atoms with Gasteiger partial charge in [0.05, 0.1) is 0 Å². The van der Waals surface area contributed by atoms with Crippen LogP contribution in [-0.4, -0.2) is 13.2 Å². The minimum absolute atomic E-state index is 0.427. The Morgan fingerprint density at radius 2 is 2.27 bits per heavy atom. The number of hydrogen-bond donors (Lipinski definition) is 0. The molecule has 0 aliphatic rings. The van der Waals surface area contributed by atoms with E-state index in [0.717, 1.165) is 12.8 Å². The van der Waals surface area contributed by atoms with Gasteiger partial charge in [-0.25, -0.2) is 0 Å². The predicted molar refractivity (Wildman–Crippen MR) is 44.6 cm³/mol. The third kappa shape index (κ3) is 7.66. The molecule has 4 heteroatoms. The third-order valence-electron chi connectivity index (χ3n) is 0.984. The van der Waals surface area contributed by atoms with Gasteiger partial charge in [0.25, 0.3) is 0 Å². The normalized spacial score (nSPS) is 11.2. The summed E-state index contributed by atoms with van der Waals surface area (Å²) >= 11 is 0. The lowest BCUT2D eigenvalue weighted by Crippen LogP contribution is -1.87. The van der Waals surface area contributed by atoms with Gasteiger partial charge in [0.15, 0.2) is 0 Å². The summed E-state index contributed by atoms with van der Waals surface area (Å²) in [7, 11) is -1.88. The van der Waals surface area contributed by atoms with Crippen molar-refractivity contribution in [3.05, 3.63) is 12.7 Å². The molecule has 0 amide bonds. The van der Waals surface area contributed by atoms with E-state index in [-0.39, 0.29) is 0 Å². The maximum absolute atomic E-state index is 10.7. The molecule has 0 aromatic carbocycles. The summed E-state index contributed by atoms with van der Waals surface area (Å²) < 4.78 is 20.2. The smallest absolute Gasteiger partial charge is 0.119 e. The maximum Gasteiger partial charge on any atom is 0.697 e. The minimum atomic E-state index is -1.88. The molecule has 0 aromatic rings. The third-order valence-corrected chi connectivity index (χ3v) is 1.85. The second-order valence-corrected chi connectivity index (χ2v) is 2.87. The molecular formula is C7H14O3P+. The Labute approximate surface area is 68.3 Å². The summed E-state index contributed by atoms with van der Waals surface area (Å²) in [5.41, 5.74) is 0. The van der Waals surface area contributed by atoms with Gasteiger partial charge >= 0.3 is 8.25 Å². The standard InChI is InChI=1S/C7H14O3P/c1-3-5-6-7-10-11(8)9-4-2/h3H,1,4-7H2,2H3/q+1. The molecule has 0 N–H and O–H groups in total. The summed E-state index contributed by atoms with van der Waals surface area (Å²) in [5.74, 6) is 0. The van der Waals surface area contributed by atoms with Gasteiger partial charge in [-0.1, -0.05) is 6.08 Å². The van der Waals surface area contributed by atoms with Crippen LogP contribution in [0.15, 0.2) is 12.7 Å². The van der Waals surface area contributed by atoms with Crippen LogP contribution in [0.3, 0.4) is 0 Å². The number of unbranched alkanes of at least 4 members (excludes halogenated alkanes) is 1. The van der Waals surface area contributed by atoms with Crippen molar-refractivity contribution in [2.45, 2.75) is 19.8 Å². The molecule has 0 spiro atoms. The Kier molecular flexibility index (Phi) is 7.69. The topological polar surface area (TPSA) is 35.5 Å². The molecule has 11 heavy (non-hydrogen) atoms. The summed E-state index contributed by atoms with van der Waals surface area (Å²) in [6.07, 6.45) is 3.53. The maximum atomic E-state index is 10.7. The summed E-state index contributed by atoms with van der Waals surface area (Å²) in [4.78, 5) is 0. The first-order valence-electron chi connectivity index (χ1n) is 3.65. The first kappa shape index (κ1) is 10.8. The van der Waals surface area contributed by atoms with Crippen molar-refractivity contribution in [1.82, 2.24) is 0 Å². The van der Waals surface area contributed by atoms with Gasteiger partial charge in [0.2, 0.25) is 0 Å². The molecular weight excluding hydrogens is 163 g/mol. The predicted octanol–water partition coefficient (Wildman–Crippen LogP) is 2.66. The zero-order valence-electron chi connectivity index (χ0n) is 6.78. The van der Waals surface area contributed by atoms with Crippen LogP contribution in [0, 0.1) is 0 Å². The average molecular weight is 177 g/mol. The van der Waals surface area contributed by atoms with Crippen LogP contribution in [0.5, 0.6) is 0 Å². The van der Waals surface area contributed by atoms with Gasteiger partial charge in [-0.3, -0.25) is 0 Å². The molecule has 0 aliphatic heterocycles. The van der Waals surface area contributed by atoms with Crippen molar-refractivity contribution in [3.8, 4) is 0 Å². The lowest BCUT2D eigenvalue weighted by Gasteiger charge is -1.87. The van der Waals surface area contributed by atoms with E-state index in [2.05, 4.69) is 11.1 Å². The second-order valence-electron chi connectivity index (χ2n) is 1.91. The van der Waals surface area contributed by atoms with Crippen LogP contribution in [0.4, 0.5) is 0 Å². The number of rotatable bonds is 7. The quantitative estimate of drug-likeness (QED) is 0.340. The van der Waals surface area contributed by atoms with Gasteiger partial charge in [-0.2, -0.15) is 0 Å². The van der Waals surface area contributed by atoms with Gasteiger partial charge < -0.3 is 0 Å². The van der Waals surface area contributed by atoms with Gasteiger partial charge in [0.1, 0.15) is 13.2 Å². The van der Waals surface area contributed by atoms with Crippen molar-refractivity contribution in [2.75, 3.05) is 13.2 Å². The lowest BCUT2D eigenvalue weighted by molar-refractivity contribution is 0.232. The van der Waals surface area contributed by atoms with Crippen LogP contribution >= 0.6 is 8.25 Å². The molecule has 3 nitrogen and oxygen atoms in total. The fraction of sp³-hybridized carbons (Fsp3) is 0.714. The molecule has 64 valence electrons. The summed E-state index contributed by atoms with van der Waals surface area (Å²) in [6, 6.07) is 0. The molecule has 0 heterocycles. The van der Waals surface area contributed by atoms with E-state index >= 15 is 0 Å². The second kappa shape index (κ2) is 7.86. The molecule has 0 saturated heterocycles. The fourth-order valence-corrected chi connectivity index (χ4v) is 1.07. The number of hydrogen-bond acceptors (Lipinski definition) is 3. The summed E-state index contributed by atoms with van der Waals surface area (Å²) in [5, 5.41) is 0. The van der Waals surface area contributed by atoms with Crippen LogP contribution in [0.25, 0.3) is 0 Å². The monoisotopic (exact) mass is 177 g/mol. The van der Waals surface area contributed by atoms with E-state index in [1.807, 2.05) is 0 Å². The first-order valence-corrected chi connectivity index (χ1v) is 4.74. The molecule has 0 bridgehead atoms. The fourth-order valence-electron chi connectivity index (χ4n) is 0.509. The molecule has 0 aromatic heterocycles. The largest absolute Gasteiger partial charge is 0.697 e. The SMILES string of the molecule is C=CCCCO[P+](=O)OCC. The average Bonchev–Trinajstić information content (AvgIpc) is 1.99. The highest BCUT2D eigenvalue weighted by molar-refractivity contribution is 7.33. The highest BCUT2D eigenvalue weighted by Gasteiger charge is 2.17. The zero-order valence-corrected chi connectivity index (χ0v) is 7.68. The van der Waals surface area contributed by atoms with Crippen LogP contribution < -0.4 is 0 Å². The van der Waals surface area contributed by atoms with Crippen molar-refractivity contribution in [2.24, 2.45) is 0 Å². The van der Waals surface area contributed by atoms with E-state index in [9.17, 15) is 4.57 Å². The Bertz CT molecular complexity index is 125. The Morgan fingerprint density at radius 3 is 2.82 bits per heavy atom. The summed E-state index contributed by atoms with van der Waals surface area (Å²) in [6.45, 7) is 6.23. The van der Waals surface area contributed by atoms with Crippen LogP contribution in [0.2, 0.25) is 0 Å². The molecule has 1 atom stereocenters. The van der Waals surface area contributed by atoms with Crippen LogP contribution in [0.1, 0.15) is 19.8 Å². The van der Waals surface area contributed by atoms with E-state index in [0.29, 0.717) is 13.2 Å². The molecule has 0 saturated carbocycles. The molecule has 0 radical (unpaired) electrons.